The van der Waals surface area contributed by atoms with Gasteiger partial charge in [-0.1, -0.05) is 6.07 Å². The Labute approximate surface area is 173 Å². The van der Waals surface area contributed by atoms with Gasteiger partial charge < -0.3 is 15.7 Å². The number of halogens is 1. The van der Waals surface area contributed by atoms with Gasteiger partial charge in [0, 0.05) is 24.0 Å². The summed E-state index contributed by atoms with van der Waals surface area (Å²) in [6, 6.07) is 5.57. The van der Waals surface area contributed by atoms with Crippen molar-refractivity contribution in [3.63, 3.8) is 0 Å². The van der Waals surface area contributed by atoms with Crippen molar-refractivity contribution in [1.29, 1.82) is 0 Å². The van der Waals surface area contributed by atoms with Crippen molar-refractivity contribution in [2.24, 2.45) is 0 Å². The number of benzene rings is 1. The Kier molecular flexibility index (Phi) is 4.06. The van der Waals surface area contributed by atoms with E-state index in [9.17, 15) is 9.50 Å². The molecule has 154 valence electrons. The van der Waals surface area contributed by atoms with Crippen LogP contribution in [0.4, 0.5) is 15.9 Å². The number of rotatable bonds is 2. The van der Waals surface area contributed by atoms with E-state index >= 15 is 0 Å². The van der Waals surface area contributed by atoms with Gasteiger partial charge in [-0.25, -0.2) is 19.3 Å². The minimum absolute atomic E-state index is 0.201. The van der Waals surface area contributed by atoms with E-state index in [1.165, 1.54) is 6.33 Å². The first-order valence-corrected chi connectivity index (χ1v) is 9.97. The molecule has 3 N–H and O–H groups in total. The lowest BCUT2D eigenvalue weighted by atomic mass is 10.1. The molecule has 30 heavy (non-hydrogen) atoms. The molecule has 0 spiro atoms. The van der Waals surface area contributed by atoms with Crippen molar-refractivity contribution in [1.82, 2.24) is 19.5 Å². The van der Waals surface area contributed by atoms with Crippen LogP contribution in [-0.4, -0.2) is 43.9 Å². The second-order valence-corrected chi connectivity index (χ2v) is 7.96. The van der Waals surface area contributed by atoms with Crippen molar-refractivity contribution in [2.75, 3.05) is 23.7 Å². The summed E-state index contributed by atoms with van der Waals surface area (Å²) < 4.78 is 15.8. The average molecular weight is 406 g/mol. The number of aromatic nitrogens is 4. The minimum atomic E-state index is -0.826. The van der Waals surface area contributed by atoms with Gasteiger partial charge in [-0.05, 0) is 44.9 Å². The van der Waals surface area contributed by atoms with Crippen LogP contribution in [0.2, 0.25) is 0 Å². The zero-order valence-electron chi connectivity index (χ0n) is 17.1. The van der Waals surface area contributed by atoms with Crippen LogP contribution < -0.4 is 10.6 Å². The number of pyridine rings is 1. The Bertz CT molecular complexity index is 1310. The number of aromatic hydroxyl groups is 1. The van der Waals surface area contributed by atoms with E-state index in [-0.39, 0.29) is 5.75 Å². The molecule has 1 fully saturated rings. The van der Waals surface area contributed by atoms with E-state index in [2.05, 4.69) is 9.97 Å². The van der Waals surface area contributed by atoms with Crippen LogP contribution in [0.3, 0.4) is 0 Å². The maximum atomic E-state index is 13.8. The molecular formula is C22H23FN6O. The summed E-state index contributed by atoms with van der Waals surface area (Å²) in [4.78, 5) is 15.6. The van der Waals surface area contributed by atoms with Gasteiger partial charge in [0.05, 0.1) is 22.5 Å². The van der Waals surface area contributed by atoms with Gasteiger partial charge in [-0.3, -0.25) is 4.57 Å². The Balaban J connectivity index is 1.89. The molecule has 5 rings (SSSR count). The van der Waals surface area contributed by atoms with Gasteiger partial charge >= 0.3 is 0 Å². The van der Waals surface area contributed by atoms with Crippen molar-refractivity contribution >= 4 is 33.6 Å². The molecule has 7 nitrogen and oxygen atoms in total. The fourth-order valence-corrected chi connectivity index (χ4v) is 4.49. The molecule has 3 aromatic heterocycles. The molecule has 0 aliphatic carbocycles. The lowest BCUT2D eigenvalue weighted by Gasteiger charge is -2.20. The molecule has 1 aliphatic rings. The summed E-state index contributed by atoms with van der Waals surface area (Å²) >= 11 is 0. The molecule has 1 aliphatic heterocycles. The van der Waals surface area contributed by atoms with Gasteiger partial charge in [-0.2, -0.15) is 0 Å². The number of hydrogen-bond donors (Lipinski definition) is 2. The molecule has 1 aromatic carbocycles. The third-order valence-corrected chi connectivity index (χ3v) is 6.01. The number of fused-ring (bicyclic) bond motifs is 3. The maximum absolute atomic E-state index is 13.8. The average Bonchev–Trinajstić information content (AvgIpc) is 3.27. The Morgan fingerprint density at radius 2 is 1.97 bits per heavy atom. The molecule has 0 amide bonds. The standard InChI is InChI=1S/C22H23FN6O/c1-11-4-5-17(30)12(2)19(11)29-21-15(18-20(24)25-10-26-22(18)29)8-16(13(3)27-21)28-7-6-14(23)9-28/h4-5,8,10,14,30H,6-7,9H2,1-3H3,(H2,24,25,26)/t14-/m1/s1. The fourth-order valence-electron chi connectivity index (χ4n) is 4.49. The molecule has 4 heterocycles. The second-order valence-electron chi connectivity index (χ2n) is 7.96. The van der Waals surface area contributed by atoms with E-state index in [0.29, 0.717) is 42.0 Å². The predicted molar refractivity (Wildman–Crippen MR) is 116 cm³/mol. The quantitative estimate of drug-likeness (QED) is 0.527. The number of aryl methyl sites for hydroxylation is 2. The lowest BCUT2D eigenvalue weighted by Crippen LogP contribution is -2.21. The monoisotopic (exact) mass is 406 g/mol. The third-order valence-electron chi connectivity index (χ3n) is 6.01. The summed E-state index contributed by atoms with van der Waals surface area (Å²) in [7, 11) is 0. The highest BCUT2D eigenvalue weighted by atomic mass is 19.1. The number of anilines is 2. The number of phenols is 1. The van der Waals surface area contributed by atoms with Crippen LogP contribution in [0.1, 0.15) is 23.2 Å². The lowest BCUT2D eigenvalue weighted by molar-refractivity contribution is 0.364. The number of phenolic OH excluding ortho intramolecular Hbond substituents is 1. The molecule has 1 atom stereocenters. The topological polar surface area (TPSA) is 93.1 Å². The summed E-state index contributed by atoms with van der Waals surface area (Å²) in [5.41, 5.74) is 11.8. The van der Waals surface area contributed by atoms with E-state index in [0.717, 1.165) is 33.6 Å². The van der Waals surface area contributed by atoms with E-state index in [1.807, 2.05) is 42.4 Å². The zero-order valence-corrected chi connectivity index (χ0v) is 17.1. The van der Waals surface area contributed by atoms with E-state index in [4.69, 9.17) is 10.7 Å². The minimum Gasteiger partial charge on any atom is -0.508 e. The molecule has 0 unspecified atom stereocenters. The van der Waals surface area contributed by atoms with Gasteiger partial charge in [0.25, 0.3) is 0 Å². The molecule has 1 saturated heterocycles. The Hall–Kier alpha value is -3.42. The first-order valence-electron chi connectivity index (χ1n) is 9.97. The maximum Gasteiger partial charge on any atom is 0.152 e. The SMILES string of the molecule is Cc1ccc(O)c(C)c1-n1c2nc(C)c(N3CC[C@@H](F)C3)cc2c2c(N)ncnc21. The first-order chi connectivity index (χ1) is 14.4. The first kappa shape index (κ1) is 18.6. The van der Waals surface area contributed by atoms with Crippen molar-refractivity contribution < 1.29 is 9.50 Å². The molecule has 0 radical (unpaired) electrons. The van der Waals surface area contributed by atoms with Gasteiger partial charge in [-0.15, -0.1) is 0 Å². The third kappa shape index (κ3) is 2.59. The molecule has 0 saturated carbocycles. The molecular weight excluding hydrogens is 383 g/mol. The highest BCUT2D eigenvalue weighted by Gasteiger charge is 2.26. The summed E-state index contributed by atoms with van der Waals surface area (Å²) in [5.74, 6) is 0.563. The van der Waals surface area contributed by atoms with E-state index < -0.39 is 6.17 Å². The number of hydrogen-bond acceptors (Lipinski definition) is 6. The summed E-state index contributed by atoms with van der Waals surface area (Å²) in [6.45, 7) is 6.80. The van der Waals surface area contributed by atoms with Crippen LogP contribution in [0, 0.1) is 20.8 Å². The van der Waals surface area contributed by atoms with E-state index in [1.54, 1.807) is 6.07 Å². The van der Waals surface area contributed by atoms with Crippen LogP contribution >= 0.6 is 0 Å². The van der Waals surface area contributed by atoms with Gasteiger partial charge in [0.1, 0.15) is 29.7 Å². The number of nitrogen functional groups attached to an aromatic ring is 1. The van der Waals surface area contributed by atoms with Crippen molar-refractivity contribution in [2.45, 2.75) is 33.4 Å². The second kappa shape index (κ2) is 6.55. The van der Waals surface area contributed by atoms with Crippen LogP contribution in [0.15, 0.2) is 24.5 Å². The van der Waals surface area contributed by atoms with Crippen molar-refractivity contribution in [3.05, 3.63) is 41.3 Å². The van der Waals surface area contributed by atoms with Crippen LogP contribution in [0.25, 0.3) is 27.8 Å². The van der Waals surface area contributed by atoms with Crippen LogP contribution in [0.5, 0.6) is 5.75 Å². The Morgan fingerprint density at radius 1 is 1.17 bits per heavy atom. The largest absolute Gasteiger partial charge is 0.508 e. The highest BCUT2D eigenvalue weighted by Crippen LogP contribution is 2.39. The predicted octanol–water partition coefficient (Wildman–Crippen LogP) is 3.73. The zero-order chi connectivity index (χ0) is 21.2. The highest BCUT2D eigenvalue weighted by molar-refractivity contribution is 6.12. The number of nitrogens with zero attached hydrogens (tertiary/aromatic N) is 5. The Morgan fingerprint density at radius 3 is 2.70 bits per heavy atom. The normalized spacial score (nSPS) is 16.8. The molecule has 0 bridgehead atoms. The summed E-state index contributed by atoms with van der Waals surface area (Å²) in [5, 5.41) is 11.9. The van der Waals surface area contributed by atoms with Crippen molar-refractivity contribution in [3.8, 4) is 11.4 Å². The molecule has 8 heteroatoms. The summed E-state index contributed by atoms with van der Waals surface area (Å²) in [6.07, 6.45) is 1.13. The van der Waals surface area contributed by atoms with Gasteiger partial charge in [0.15, 0.2) is 5.65 Å². The van der Waals surface area contributed by atoms with Gasteiger partial charge in [0.2, 0.25) is 0 Å². The number of nitrogens with two attached hydrogens (primary N) is 1. The smallest absolute Gasteiger partial charge is 0.152 e. The fraction of sp³-hybridized carbons (Fsp3) is 0.318. The van der Waals surface area contributed by atoms with Crippen LogP contribution in [-0.2, 0) is 0 Å². The molecule has 4 aromatic rings. The number of alkyl halides is 1.